The highest BCUT2D eigenvalue weighted by molar-refractivity contribution is 7.12. The number of thiophene rings is 1. The molecule has 3 nitrogen and oxygen atoms in total. The summed E-state index contributed by atoms with van der Waals surface area (Å²) < 4.78 is 5.32. The van der Waals surface area contributed by atoms with Gasteiger partial charge in [0.05, 0.1) is 5.69 Å². The Morgan fingerprint density at radius 3 is 2.53 bits per heavy atom. The van der Waals surface area contributed by atoms with Gasteiger partial charge in [0, 0.05) is 9.75 Å². The molecule has 0 aliphatic heterocycles. The smallest absolute Gasteiger partial charge is 0.412 e. The maximum Gasteiger partial charge on any atom is 0.412 e. The lowest BCUT2D eigenvalue weighted by molar-refractivity contribution is 0.0636. The monoisotopic (exact) mass is 281 g/mol. The van der Waals surface area contributed by atoms with Gasteiger partial charge in [-0.15, -0.1) is 11.3 Å². The zero-order valence-corrected chi connectivity index (χ0v) is 13.2. The predicted octanol–water partition coefficient (Wildman–Crippen LogP) is 5.10. The molecule has 0 atom stereocenters. The number of hydrogen-bond acceptors (Lipinski definition) is 3. The summed E-state index contributed by atoms with van der Waals surface area (Å²) in [5, 5.41) is 2.90. The third-order valence-corrected chi connectivity index (χ3v) is 4.52. The fourth-order valence-electron chi connectivity index (χ4n) is 1.93. The molecule has 0 saturated heterocycles. The third-order valence-electron chi connectivity index (χ3n) is 2.92. The number of carbonyl (C=O) groups is 1. The molecule has 4 heteroatoms. The van der Waals surface area contributed by atoms with Crippen LogP contribution in [-0.2, 0) is 4.74 Å². The molecule has 1 heterocycles. The molecule has 106 valence electrons. The summed E-state index contributed by atoms with van der Waals surface area (Å²) in [6.45, 7) is 9.93. The normalized spacial score (nSPS) is 15.7. The first-order valence-electron chi connectivity index (χ1n) is 6.90. The van der Waals surface area contributed by atoms with Gasteiger partial charge in [-0.05, 0) is 51.5 Å². The first-order chi connectivity index (χ1) is 8.76. The van der Waals surface area contributed by atoms with Crippen LogP contribution in [0, 0.1) is 0 Å². The molecule has 0 bridgehead atoms. The van der Waals surface area contributed by atoms with Crippen LogP contribution in [0.5, 0.6) is 0 Å². The summed E-state index contributed by atoms with van der Waals surface area (Å²) in [6.07, 6.45) is 2.20. The van der Waals surface area contributed by atoms with Crippen LogP contribution in [0.25, 0.3) is 0 Å². The number of carbonyl (C=O) groups excluding carboxylic acids is 1. The standard InChI is InChI=1S/C15H23NO2S/c1-9(2)13-11(8-12(19-13)10-6-7-10)16-14(17)18-15(3,4)5/h8-10H,6-7H2,1-5H3,(H,16,17). The van der Waals surface area contributed by atoms with E-state index in [1.807, 2.05) is 32.1 Å². The Kier molecular flexibility index (Phi) is 3.90. The predicted molar refractivity (Wildman–Crippen MR) is 80.2 cm³/mol. The van der Waals surface area contributed by atoms with Crippen molar-refractivity contribution in [3.8, 4) is 0 Å². The molecule has 1 fully saturated rings. The maximum absolute atomic E-state index is 11.9. The van der Waals surface area contributed by atoms with Crippen molar-refractivity contribution in [1.29, 1.82) is 0 Å². The van der Waals surface area contributed by atoms with Crippen LogP contribution in [0.1, 0.15) is 69.1 Å². The zero-order chi connectivity index (χ0) is 14.2. The van der Waals surface area contributed by atoms with Gasteiger partial charge in [-0.25, -0.2) is 4.79 Å². The molecule has 1 saturated carbocycles. The summed E-state index contributed by atoms with van der Waals surface area (Å²) in [4.78, 5) is 14.5. The van der Waals surface area contributed by atoms with Crippen molar-refractivity contribution in [2.45, 2.75) is 64.9 Å². The molecule has 2 rings (SSSR count). The van der Waals surface area contributed by atoms with Crippen LogP contribution in [0.3, 0.4) is 0 Å². The van der Waals surface area contributed by atoms with Gasteiger partial charge in [0.1, 0.15) is 5.60 Å². The second-order valence-electron chi connectivity index (χ2n) is 6.48. The third kappa shape index (κ3) is 3.96. The molecule has 0 radical (unpaired) electrons. The lowest BCUT2D eigenvalue weighted by Gasteiger charge is -2.20. The van der Waals surface area contributed by atoms with E-state index in [-0.39, 0.29) is 6.09 Å². The first kappa shape index (κ1) is 14.4. The van der Waals surface area contributed by atoms with E-state index < -0.39 is 5.60 Å². The van der Waals surface area contributed by atoms with Gasteiger partial charge in [0.2, 0.25) is 0 Å². The molecule has 1 N–H and O–H groups in total. The number of hydrogen-bond donors (Lipinski definition) is 1. The fourth-order valence-corrected chi connectivity index (χ4v) is 3.22. The van der Waals surface area contributed by atoms with Crippen LogP contribution >= 0.6 is 11.3 Å². The highest BCUT2D eigenvalue weighted by Gasteiger charge is 2.28. The minimum atomic E-state index is -0.461. The van der Waals surface area contributed by atoms with Gasteiger partial charge in [0.25, 0.3) is 0 Å². The fraction of sp³-hybridized carbons (Fsp3) is 0.667. The maximum atomic E-state index is 11.9. The van der Waals surface area contributed by atoms with Crippen LogP contribution in [0.4, 0.5) is 10.5 Å². The highest BCUT2D eigenvalue weighted by Crippen LogP contribution is 2.47. The largest absolute Gasteiger partial charge is 0.444 e. The van der Waals surface area contributed by atoms with Gasteiger partial charge in [-0.1, -0.05) is 13.8 Å². The van der Waals surface area contributed by atoms with Crippen LogP contribution < -0.4 is 5.32 Å². The molecule has 1 amide bonds. The Morgan fingerprint density at radius 2 is 2.05 bits per heavy atom. The molecule has 1 aromatic rings. The van der Waals surface area contributed by atoms with E-state index in [1.165, 1.54) is 22.6 Å². The van der Waals surface area contributed by atoms with Gasteiger partial charge in [-0.2, -0.15) is 0 Å². The second-order valence-corrected chi connectivity index (χ2v) is 7.60. The molecule has 1 aliphatic rings. The van der Waals surface area contributed by atoms with Crippen LogP contribution in [0.15, 0.2) is 6.07 Å². The van der Waals surface area contributed by atoms with Gasteiger partial charge in [-0.3, -0.25) is 5.32 Å². The number of rotatable bonds is 3. The topological polar surface area (TPSA) is 38.3 Å². The average Bonchev–Trinajstić information content (AvgIpc) is 2.98. The number of anilines is 1. The van der Waals surface area contributed by atoms with E-state index in [0.29, 0.717) is 5.92 Å². The summed E-state index contributed by atoms with van der Waals surface area (Å²) in [7, 11) is 0. The average molecular weight is 281 g/mol. The number of amides is 1. The summed E-state index contributed by atoms with van der Waals surface area (Å²) in [5.41, 5.74) is 0.466. The zero-order valence-electron chi connectivity index (χ0n) is 12.4. The van der Waals surface area contributed by atoms with Crippen LogP contribution in [-0.4, -0.2) is 11.7 Å². The lowest BCUT2D eigenvalue weighted by atomic mass is 10.1. The van der Waals surface area contributed by atoms with E-state index in [9.17, 15) is 4.79 Å². The Morgan fingerprint density at radius 1 is 1.42 bits per heavy atom. The molecule has 19 heavy (non-hydrogen) atoms. The van der Waals surface area contributed by atoms with Crippen molar-refractivity contribution in [2.24, 2.45) is 0 Å². The van der Waals surface area contributed by atoms with Gasteiger partial charge >= 0.3 is 6.09 Å². The molecule has 0 aromatic carbocycles. The Hall–Kier alpha value is -1.03. The van der Waals surface area contributed by atoms with E-state index in [4.69, 9.17) is 4.74 Å². The quantitative estimate of drug-likeness (QED) is 0.837. The van der Waals surface area contributed by atoms with E-state index in [1.54, 1.807) is 0 Å². The van der Waals surface area contributed by atoms with Gasteiger partial charge in [0.15, 0.2) is 0 Å². The minimum Gasteiger partial charge on any atom is -0.444 e. The molecule has 1 aliphatic carbocycles. The van der Waals surface area contributed by atoms with Crippen molar-refractivity contribution in [1.82, 2.24) is 0 Å². The molecular weight excluding hydrogens is 258 g/mol. The van der Waals surface area contributed by atoms with Crippen molar-refractivity contribution in [3.63, 3.8) is 0 Å². The molecular formula is C15H23NO2S. The van der Waals surface area contributed by atoms with E-state index >= 15 is 0 Å². The van der Waals surface area contributed by atoms with Crippen LogP contribution in [0.2, 0.25) is 0 Å². The highest BCUT2D eigenvalue weighted by atomic mass is 32.1. The Balaban J connectivity index is 2.12. The van der Waals surface area contributed by atoms with Gasteiger partial charge < -0.3 is 4.74 Å². The van der Waals surface area contributed by atoms with Crippen molar-refractivity contribution < 1.29 is 9.53 Å². The Labute approximate surface area is 119 Å². The summed E-state index contributed by atoms with van der Waals surface area (Å²) in [6, 6.07) is 2.13. The summed E-state index contributed by atoms with van der Waals surface area (Å²) >= 11 is 1.83. The molecule has 0 unspecified atom stereocenters. The lowest BCUT2D eigenvalue weighted by Crippen LogP contribution is -2.27. The Bertz CT molecular complexity index is 467. The van der Waals surface area contributed by atoms with E-state index in [2.05, 4.69) is 25.2 Å². The molecule has 1 aromatic heterocycles. The molecule has 0 spiro atoms. The van der Waals surface area contributed by atoms with Crippen molar-refractivity contribution in [3.05, 3.63) is 15.8 Å². The summed E-state index contributed by atoms with van der Waals surface area (Å²) in [5.74, 6) is 1.14. The van der Waals surface area contributed by atoms with E-state index in [0.717, 1.165) is 11.6 Å². The first-order valence-corrected chi connectivity index (χ1v) is 7.71. The SMILES string of the molecule is CC(C)c1sc(C2CC2)cc1NC(=O)OC(C)(C)C. The van der Waals surface area contributed by atoms with Crippen molar-refractivity contribution in [2.75, 3.05) is 5.32 Å². The van der Waals surface area contributed by atoms with Crippen molar-refractivity contribution >= 4 is 23.1 Å². The number of nitrogens with one attached hydrogen (secondary N) is 1. The number of ether oxygens (including phenoxy) is 1. The second kappa shape index (κ2) is 5.16. The minimum absolute atomic E-state index is 0.366.